The summed E-state index contributed by atoms with van der Waals surface area (Å²) < 4.78 is 63.4. The van der Waals surface area contributed by atoms with Gasteiger partial charge in [-0.1, -0.05) is 0 Å². The first kappa shape index (κ1) is 29.2. The highest BCUT2D eigenvalue weighted by Gasteiger charge is 2.49. The van der Waals surface area contributed by atoms with E-state index in [4.69, 9.17) is 43.8 Å². The summed E-state index contributed by atoms with van der Waals surface area (Å²) in [6.45, 7) is 3.32. The second kappa shape index (κ2) is 13.9. The molecule has 0 spiro atoms. The van der Waals surface area contributed by atoms with Gasteiger partial charge >= 0.3 is 8.00 Å². The predicted octanol–water partition coefficient (Wildman–Crippen LogP) is 2.35. The summed E-state index contributed by atoms with van der Waals surface area (Å²) in [6.07, 6.45) is 0.117. The van der Waals surface area contributed by atoms with Crippen LogP contribution in [0.15, 0.2) is 0 Å². The quantitative estimate of drug-likeness (QED) is 0.256. The number of rotatable bonds is 14. The van der Waals surface area contributed by atoms with Crippen LogP contribution in [0.2, 0.25) is 0 Å². The van der Waals surface area contributed by atoms with Crippen LogP contribution in [-0.4, -0.2) is 87.9 Å². The Bertz CT molecular complexity index is 813. The van der Waals surface area contributed by atoms with Crippen LogP contribution in [-0.2, 0) is 27.6 Å². The van der Waals surface area contributed by atoms with E-state index in [0.717, 1.165) is 0 Å². The second-order valence-corrected chi connectivity index (χ2v) is 11.1. The van der Waals surface area contributed by atoms with Crippen LogP contribution < -0.4 is 10.8 Å². The van der Waals surface area contributed by atoms with Crippen molar-refractivity contribution in [1.82, 2.24) is 5.09 Å². The summed E-state index contributed by atoms with van der Waals surface area (Å²) in [6, 6.07) is 3.90. The fourth-order valence-electron chi connectivity index (χ4n) is 3.54. The third-order valence-electron chi connectivity index (χ3n) is 5.30. The van der Waals surface area contributed by atoms with Gasteiger partial charge in [-0.2, -0.15) is 15.0 Å². The van der Waals surface area contributed by atoms with Crippen molar-refractivity contribution in [2.24, 2.45) is 5.73 Å². The smallest absolute Gasteiger partial charge is 0.368 e. The van der Waals surface area contributed by atoms with Crippen LogP contribution in [0.1, 0.15) is 26.7 Å². The van der Waals surface area contributed by atoms with E-state index in [1.165, 1.54) is 0 Å². The van der Waals surface area contributed by atoms with Crippen molar-refractivity contribution in [1.29, 1.82) is 10.5 Å². The molecule has 2 aliphatic rings. The first-order valence-corrected chi connectivity index (χ1v) is 14.1. The van der Waals surface area contributed by atoms with Crippen molar-refractivity contribution in [2.45, 2.75) is 75.7 Å². The Kier molecular flexibility index (Phi) is 12.0. The summed E-state index contributed by atoms with van der Waals surface area (Å²) in [7, 11) is -4.89. The van der Waals surface area contributed by atoms with E-state index >= 15 is 0 Å². The zero-order chi connectivity index (χ0) is 25.3. The van der Waals surface area contributed by atoms with E-state index in [2.05, 4.69) is 17.7 Å². The number of hydrogen-bond donors (Lipinski definition) is 2. The molecule has 0 bridgehead atoms. The lowest BCUT2D eigenvalue weighted by atomic mass is 10.1. The summed E-state index contributed by atoms with van der Waals surface area (Å²) in [4.78, 5) is 0. The first-order chi connectivity index (χ1) is 16.2. The molecule has 2 saturated heterocycles. The fourth-order valence-corrected chi connectivity index (χ4v) is 6.14. The molecule has 0 radical (unpaired) electrons. The Hall–Kier alpha value is -1.01. The molecule has 2 aliphatic heterocycles. The molecular formula is C20H33F2N4O6P2+. The zero-order valence-corrected chi connectivity index (χ0v) is 21.1. The maximum atomic E-state index is 14.8. The van der Waals surface area contributed by atoms with E-state index in [1.807, 2.05) is 12.1 Å². The monoisotopic (exact) mass is 525 g/mol. The molecule has 0 amide bonds. The van der Waals surface area contributed by atoms with E-state index < -0.39 is 64.5 Å². The number of alkyl halides is 2. The van der Waals surface area contributed by atoms with E-state index in [-0.39, 0.29) is 39.1 Å². The van der Waals surface area contributed by atoms with Gasteiger partial charge in [0.05, 0.1) is 49.9 Å². The molecule has 0 saturated carbocycles. The van der Waals surface area contributed by atoms with Crippen LogP contribution in [0.25, 0.3) is 0 Å². The van der Waals surface area contributed by atoms with Crippen molar-refractivity contribution in [3.8, 4) is 12.1 Å². The SMILES string of the molecule is C=[P+](OCCC#N)OC1[C@@H](CNP(=C)(OCCC#N)OC2[C@@H](CN)O[C@@H](C)[C@H]2F)O[C@@H](C)[C@H]1F. The van der Waals surface area contributed by atoms with Gasteiger partial charge in [-0.15, -0.1) is 4.52 Å². The summed E-state index contributed by atoms with van der Waals surface area (Å²) in [5.41, 5.74) is 5.71. The van der Waals surface area contributed by atoms with Gasteiger partial charge in [-0.25, -0.2) is 8.78 Å². The molecule has 10 nitrogen and oxygen atoms in total. The minimum absolute atomic E-state index is 0.00133. The number of hydrogen-bond acceptors (Lipinski definition) is 10. The summed E-state index contributed by atoms with van der Waals surface area (Å²) in [5, 5.41) is 20.5. The van der Waals surface area contributed by atoms with E-state index in [0.29, 0.717) is 0 Å². The van der Waals surface area contributed by atoms with Gasteiger partial charge in [0.2, 0.25) is 0 Å². The number of ether oxygens (including phenoxy) is 2. The molecule has 14 heteroatoms. The summed E-state index contributed by atoms with van der Waals surface area (Å²) in [5.74, 6) is 0. The Balaban J connectivity index is 2.08. The topological polar surface area (TPSA) is 141 Å². The second-order valence-electron chi connectivity index (χ2n) is 7.87. The Morgan fingerprint density at radius 1 is 1.06 bits per heavy atom. The number of nitriles is 2. The van der Waals surface area contributed by atoms with E-state index in [9.17, 15) is 8.78 Å². The molecule has 0 aromatic rings. The lowest BCUT2D eigenvalue weighted by Crippen LogP contribution is -2.40. The minimum atomic E-state index is -3.20. The molecular weight excluding hydrogens is 492 g/mol. The molecule has 2 heterocycles. The van der Waals surface area contributed by atoms with E-state index in [1.54, 1.807) is 13.8 Å². The highest BCUT2D eigenvalue weighted by molar-refractivity contribution is 7.62. The van der Waals surface area contributed by atoms with Crippen molar-refractivity contribution < 1.29 is 36.3 Å². The van der Waals surface area contributed by atoms with Gasteiger partial charge in [0.15, 0.2) is 25.9 Å². The maximum Gasteiger partial charge on any atom is 0.423 e. The number of halogens is 2. The standard InChI is InChI=1S/C20H33F2N4O6P2/c1-13-17(21)19(31-33(3)27-9-5-7-23)16(30-13)12-26-34(4,28-10-6-8-24)32-20-15(11-25)29-14(2)18(20)22/h13-20,26H,3-6,9-12,25H2,1-2H3/q+1/t13-,14-,15+,16+,17+,18+,19?,20?,34?/m0/s1. The highest BCUT2D eigenvalue weighted by Crippen LogP contribution is 2.48. The molecule has 3 N–H and O–H groups in total. The molecule has 0 aliphatic carbocycles. The van der Waals surface area contributed by atoms with Crippen LogP contribution >= 0.6 is 15.5 Å². The lowest BCUT2D eigenvalue weighted by Gasteiger charge is -2.31. The molecule has 4 unspecified atom stereocenters. The van der Waals surface area contributed by atoms with Crippen molar-refractivity contribution in [2.75, 3.05) is 26.3 Å². The van der Waals surface area contributed by atoms with Crippen LogP contribution in [0, 0.1) is 22.7 Å². The number of nitrogens with zero attached hydrogens (tertiary/aromatic N) is 2. The largest absolute Gasteiger partial charge is 0.423 e. The van der Waals surface area contributed by atoms with Crippen molar-refractivity contribution in [3.05, 3.63) is 0 Å². The third-order valence-corrected chi connectivity index (χ3v) is 8.09. The first-order valence-electron chi connectivity index (χ1n) is 10.9. The number of nitrogens with one attached hydrogen (secondary N) is 1. The summed E-state index contributed by atoms with van der Waals surface area (Å²) >= 11 is 0. The average Bonchev–Trinajstić information content (AvgIpc) is 3.22. The maximum absolute atomic E-state index is 14.8. The van der Waals surface area contributed by atoms with Crippen LogP contribution in [0.3, 0.4) is 0 Å². The van der Waals surface area contributed by atoms with Crippen LogP contribution in [0.5, 0.6) is 0 Å². The van der Waals surface area contributed by atoms with Gasteiger partial charge in [-0.05, 0) is 20.1 Å². The minimum Gasteiger partial charge on any atom is -0.368 e. The number of nitrogens with two attached hydrogens (primary N) is 1. The molecule has 0 aromatic heterocycles. The average molecular weight is 525 g/mol. The molecule has 2 rings (SSSR count). The fraction of sp³-hybridized carbons (Fsp3) is 0.800. The van der Waals surface area contributed by atoms with Crippen LogP contribution in [0.4, 0.5) is 8.78 Å². The Morgan fingerprint density at radius 3 is 2.26 bits per heavy atom. The molecule has 10 atom stereocenters. The zero-order valence-electron chi connectivity index (χ0n) is 19.3. The molecule has 192 valence electrons. The highest BCUT2D eigenvalue weighted by atomic mass is 31.2. The molecule has 2 fully saturated rings. The molecule has 0 aromatic carbocycles. The predicted molar refractivity (Wildman–Crippen MR) is 126 cm³/mol. The Morgan fingerprint density at radius 2 is 1.65 bits per heavy atom. The van der Waals surface area contributed by atoms with Gasteiger partial charge < -0.3 is 24.3 Å². The van der Waals surface area contributed by atoms with Crippen molar-refractivity contribution >= 4 is 28.1 Å². The third kappa shape index (κ3) is 8.01. The van der Waals surface area contributed by atoms with Gasteiger partial charge in [0, 0.05) is 13.1 Å². The lowest BCUT2D eigenvalue weighted by molar-refractivity contribution is 0.0209. The van der Waals surface area contributed by atoms with Gasteiger partial charge in [0.1, 0.15) is 25.1 Å². The van der Waals surface area contributed by atoms with Crippen molar-refractivity contribution in [3.63, 3.8) is 0 Å². The van der Waals surface area contributed by atoms with Gasteiger partial charge in [-0.3, -0.25) is 5.09 Å². The normalized spacial score (nSPS) is 35.4. The molecule has 34 heavy (non-hydrogen) atoms. The van der Waals surface area contributed by atoms with Gasteiger partial charge in [0.25, 0.3) is 0 Å². The Labute approximate surface area is 200 Å².